The first-order valence-electron chi connectivity index (χ1n) is 6.61. The van der Waals surface area contributed by atoms with Gasteiger partial charge in [0.15, 0.2) is 0 Å². The molecule has 0 aliphatic carbocycles. The number of halogens is 1. The first-order chi connectivity index (χ1) is 9.04. The molecular weight excluding hydrogens is 241 g/mol. The molecule has 0 radical (unpaired) electrons. The molecule has 0 aliphatic heterocycles. The van der Waals surface area contributed by atoms with Gasteiger partial charge in [0.2, 0.25) is 0 Å². The molecular formula is C15H20FN3. The second-order valence-electron chi connectivity index (χ2n) is 4.99. The highest BCUT2D eigenvalue weighted by atomic mass is 19.1. The number of nitrogens with one attached hydrogen (secondary N) is 1. The lowest BCUT2D eigenvalue weighted by Crippen LogP contribution is -2.19. The Labute approximate surface area is 113 Å². The Bertz CT molecular complexity index is 562. The largest absolute Gasteiger partial charge is 0.344 e. The van der Waals surface area contributed by atoms with E-state index >= 15 is 0 Å². The van der Waals surface area contributed by atoms with Crippen molar-refractivity contribution >= 4 is 0 Å². The van der Waals surface area contributed by atoms with Crippen LogP contribution in [0.4, 0.5) is 4.39 Å². The summed E-state index contributed by atoms with van der Waals surface area (Å²) < 4.78 is 13.8. The number of nitrogens with two attached hydrogens (primary N) is 1. The first kappa shape index (κ1) is 13.7. The maximum absolute atomic E-state index is 13.8. The number of aryl methyl sites for hydroxylation is 1. The van der Waals surface area contributed by atoms with Crippen molar-refractivity contribution in [2.75, 3.05) is 0 Å². The number of H-pyrrole nitrogens is 1. The third-order valence-electron chi connectivity index (χ3n) is 3.60. The first-order valence-corrected chi connectivity index (χ1v) is 6.61. The van der Waals surface area contributed by atoms with Crippen LogP contribution in [0.15, 0.2) is 24.3 Å². The van der Waals surface area contributed by atoms with E-state index in [-0.39, 0.29) is 11.9 Å². The van der Waals surface area contributed by atoms with Gasteiger partial charge in [-0.1, -0.05) is 32.4 Å². The zero-order valence-electron chi connectivity index (χ0n) is 11.6. The molecule has 2 rings (SSSR count). The number of benzene rings is 1. The maximum Gasteiger partial charge on any atom is 0.132 e. The highest BCUT2D eigenvalue weighted by molar-refractivity contribution is 5.62. The molecule has 0 saturated heterocycles. The number of aromatic amines is 1. The molecule has 3 nitrogen and oxygen atoms in total. The van der Waals surface area contributed by atoms with Crippen molar-refractivity contribution in [3.8, 4) is 11.3 Å². The summed E-state index contributed by atoms with van der Waals surface area (Å²) in [5.41, 5.74) is 8.16. The Hall–Kier alpha value is -1.68. The van der Waals surface area contributed by atoms with Crippen LogP contribution in [-0.2, 0) is 0 Å². The van der Waals surface area contributed by atoms with Crippen LogP contribution in [0.5, 0.6) is 0 Å². The molecule has 2 unspecified atom stereocenters. The highest BCUT2D eigenvalue weighted by Crippen LogP contribution is 2.27. The van der Waals surface area contributed by atoms with Crippen LogP contribution < -0.4 is 5.73 Å². The van der Waals surface area contributed by atoms with Crippen LogP contribution in [0.1, 0.15) is 37.8 Å². The van der Waals surface area contributed by atoms with Crippen molar-refractivity contribution in [2.24, 2.45) is 11.7 Å². The van der Waals surface area contributed by atoms with Crippen molar-refractivity contribution in [1.29, 1.82) is 0 Å². The van der Waals surface area contributed by atoms with Gasteiger partial charge in [0.25, 0.3) is 0 Å². The van der Waals surface area contributed by atoms with Gasteiger partial charge in [-0.25, -0.2) is 9.37 Å². The van der Waals surface area contributed by atoms with Crippen LogP contribution in [0.25, 0.3) is 11.3 Å². The summed E-state index contributed by atoms with van der Waals surface area (Å²) >= 11 is 0. The van der Waals surface area contributed by atoms with Gasteiger partial charge >= 0.3 is 0 Å². The van der Waals surface area contributed by atoms with Gasteiger partial charge in [0, 0.05) is 11.3 Å². The molecule has 1 aromatic carbocycles. The summed E-state index contributed by atoms with van der Waals surface area (Å²) in [6.07, 6.45) is 0.982. The summed E-state index contributed by atoms with van der Waals surface area (Å²) in [7, 11) is 0. The maximum atomic E-state index is 13.8. The van der Waals surface area contributed by atoms with E-state index in [0.29, 0.717) is 17.2 Å². The minimum atomic E-state index is -0.263. The Balaban J connectivity index is 2.40. The molecule has 1 aromatic heterocycles. The molecule has 0 fully saturated rings. The Morgan fingerprint density at radius 1 is 1.37 bits per heavy atom. The molecule has 0 amide bonds. The number of hydrogen-bond acceptors (Lipinski definition) is 2. The van der Waals surface area contributed by atoms with Gasteiger partial charge in [-0.05, 0) is 25.0 Å². The Kier molecular flexibility index (Phi) is 4.00. The van der Waals surface area contributed by atoms with Gasteiger partial charge < -0.3 is 10.7 Å². The monoisotopic (exact) mass is 261 g/mol. The zero-order valence-corrected chi connectivity index (χ0v) is 11.6. The van der Waals surface area contributed by atoms with Crippen LogP contribution in [0.2, 0.25) is 0 Å². The Morgan fingerprint density at radius 2 is 2.05 bits per heavy atom. The lowest BCUT2D eigenvalue weighted by molar-refractivity contribution is 0.441. The van der Waals surface area contributed by atoms with E-state index in [2.05, 4.69) is 23.8 Å². The molecule has 1 heterocycles. The van der Waals surface area contributed by atoms with Crippen LogP contribution in [0.3, 0.4) is 0 Å². The molecule has 0 aliphatic rings. The molecule has 2 aromatic rings. The normalized spacial score (nSPS) is 14.4. The van der Waals surface area contributed by atoms with Crippen LogP contribution in [0, 0.1) is 18.7 Å². The molecule has 2 atom stereocenters. The van der Waals surface area contributed by atoms with Gasteiger partial charge in [0.1, 0.15) is 11.6 Å². The quantitative estimate of drug-likeness (QED) is 0.884. The average molecular weight is 261 g/mol. The van der Waals surface area contributed by atoms with Crippen molar-refractivity contribution in [2.45, 2.75) is 33.2 Å². The number of nitrogens with zero attached hydrogens (tertiary/aromatic N) is 1. The second kappa shape index (κ2) is 5.53. The SMILES string of the molecule is CCC(C)C(N)c1nc(-c2ccccc2F)c(C)[nH]1. The number of imidazole rings is 1. The van der Waals surface area contributed by atoms with Crippen molar-refractivity contribution < 1.29 is 4.39 Å². The molecule has 0 saturated carbocycles. The smallest absolute Gasteiger partial charge is 0.132 e. The third kappa shape index (κ3) is 2.68. The standard InChI is InChI=1S/C15H20FN3/c1-4-9(2)13(17)15-18-10(3)14(19-15)11-7-5-6-8-12(11)16/h5-9,13H,4,17H2,1-3H3,(H,18,19). The fourth-order valence-electron chi connectivity index (χ4n) is 2.08. The number of rotatable bonds is 4. The van der Waals surface area contributed by atoms with E-state index in [0.717, 1.165) is 17.9 Å². The number of aromatic nitrogens is 2. The fourth-order valence-corrected chi connectivity index (χ4v) is 2.08. The average Bonchev–Trinajstić information content (AvgIpc) is 2.79. The molecule has 3 N–H and O–H groups in total. The highest BCUT2D eigenvalue weighted by Gasteiger charge is 2.19. The predicted molar refractivity (Wildman–Crippen MR) is 75.1 cm³/mol. The van der Waals surface area contributed by atoms with Gasteiger partial charge in [-0.3, -0.25) is 0 Å². The Morgan fingerprint density at radius 3 is 2.68 bits per heavy atom. The van der Waals surface area contributed by atoms with E-state index in [1.165, 1.54) is 6.07 Å². The van der Waals surface area contributed by atoms with E-state index in [9.17, 15) is 4.39 Å². The van der Waals surface area contributed by atoms with Gasteiger partial charge in [-0.15, -0.1) is 0 Å². The topological polar surface area (TPSA) is 54.7 Å². The minimum absolute atomic E-state index is 0.149. The summed E-state index contributed by atoms with van der Waals surface area (Å²) in [5.74, 6) is 0.796. The molecule has 4 heteroatoms. The van der Waals surface area contributed by atoms with Crippen molar-refractivity contribution in [1.82, 2.24) is 9.97 Å². The van der Waals surface area contributed by atoms with E-state index in [1.807, 2.05) is 6.92 Å². The van der Waals surface area contributed by atoms with Gasteiger partial charge in [-0.2, -0.15) is 0 Å². The number of hydrogen-bond donors (Lipinski definition) is 2. The second-order valence-corrected chi connectivity index (χ2v) is 4.99. The zero-order chi connectivity index (χ0) is 14.0. The van der Waals surface area contributed by atoms with Crippen molar-refractivity contribution in [3.05, 3.63) is 41.6 Å². The van der Waals surface area contributed by atoms with Crippen molar-refractivity contribution in [3.63, 3.8) is 0 Å². The summed E-state index contributed by atoms with van der Waals surface area (Å²) in [4.78, 5) is 7.67. The molecule has 0 spiro atoms. The molecule has 102 valence electrons. The summed E-state index contributed by atoms with van der Waals surface area (Å²) in [5, 5.41) is 0. The third-order valence-corrected chi connectivity index (χ3v) is 3.60. The summed E-state index contributed by atoms with van der Waals surface area (Å²) in [6, 6.07) is 6.51. The van der Waals surface area contributed by atoms with E-state index < -0.39 is 0 Å². The molecule has 19 heavy (non-hydrogen) atoms. The van der Waals surface area contributed by atoms with Crippen LogP contribution in [-0.4, -0.2) is 9.97 Å². The lowest BCUT2D eigenvalue weighted by Gasteiger charge is -2.15. The summed E-state index contributed by atoms with van der Waals surface area (Å²) in [6.45, 7) is 6.07. The minimum Gasteiger partial charge on any atom is -0.344 e. The lowest BCUT2D eigenvalue weighted by atomic mass is 10.00. The predicted octanol–water partition coefficient (Wildman–Crippen LogP) is 3.57. The fraction of sp³-hybridized carbons (Fsp3) is 0.400. The van der Waals surface area contributed by atoms with E-state index in [1.54, 1.807) is 18.2 Å². The van der Waals surface area contributed by atoms with Gasteiger partial charge in [0.05, 0.1) is 11.7 Å². The van der Waals surface area contributed by atoms with Crippen LogP contribution >= 0.6 is 0 Å². The van der Waals surface area contributed by atoms with E-state index in [4.69, 9.17) is 5.73 Å². The molecule has 0 bridgehead atoms.